The molecule has 132 valence electrons. The maximum atomic E-state index is 4.70. The molecule has 0 aliphatic carbocycles. The van der Waals surface area contributed by atoms with E-state index in [1.807, 2.05) is 37.0 Å². The van der Waals surface area contributed by atoms with Gasteiger partial charge in [0.25, 0.3) is 0 Å². The van der Waals surface area contributed by atoms with E-state index in [2.05, 4.69) is 30.6 Å². The third kappa shape index (κ3) is 3.49. The molecule has 0 amide bonds. The molecular weight excluding hydrogens is 366 g/mol. The van der Waals surface area contributed by atoms with Crippen molar-refractivity contribution in [2.45, 2.75) is 26.9 Å². The predicted octanol–water partition coefficient (Wildman–Crippen LogP) is 3.78. The van der Waals surface area contributed by atoms with Crippen molar-refractivity contribution in [3.05, 3.63) is 50.5 Å². The minimum atomic E-state index is 0.621. The molecule has 4 aromatic heterocycles. The number of aromatic nitrogens is 5. The highest BCUT2D eigenvalue weighted by atomic mass is 32.1. The van der Waals surface area contributed by atoms with E-state index >= 15 is 0 Å². The van der Waals surface area contributed by atoms with Gasteiger partial charge in [0, 0.05) is 16.0 Å². The minimum Gasteiger partial charge on any atom is -0.362 e. The molecule has 9 heteroatoms. The van der Waals surface area contributed by atoms with Crippen LogP contribution in [0.3, 0.4) is 0 Å². The molecule has 0 saturated heterocycles. The Bertz CT molecular complexity index is 958. The third-order valence-corrected chi connectivity index (χ3v) is 5.83. The fraction of sp³-hybridized carbons (Fsp3) is 0.235. The summed E-state index contributed by atoms with van der Waals surface area (Å²) >= 11 is 3.26. The number of anilines is 2. The van der Waals surface area contributed by atoms with Crippen LogP contribution in [-0.2, 0) is 13.1 Å². The van der Waals surface area contributed by atoms with Gasteiger partial charge in [0.05, 0.1) is 35.5 Å². The Balaban J connectivity index is 1.62. The van der Waals surface area contributed by atoms with Crippen LogP contribution in [-0.4, -0.2) is 24.9 Å². The van der Waals surface area contributed by atoms with Crippen molar-refractivity contribution >= 4 is 45.5 Å². The van der Waals surface area contributed by atoms with Crippen molar-refractivity contribution in [2.24, 2.45) is 0 Å². The number of rotatable bonds is 6. The molecule has 0 aliphatic heterocycles. The van der Waals surface area contributed by atoms with Gasteiger partial charge in [0.2, 0.25) is 0 Å². The fourth-order valence-electron chi connectivity index (χ4n) is 2.46. The first-order valence-corrected chi connectivity index (χ1v) is 9.85. The van der Waals surface area contributed by atoms with Crippen LogP contribution in [0.15, 0.2) is 29.4 Å². The van der Waals surface area contributed by atoms with Gasteiger partial charge in [-0.05, 0) is 26.0 Å². The first kappa shape index (κ1) is 16.8. The number of nitrogens with one attached hydrogen (secondary N) is 2. The van der Waals surface area contributed by atoms with Gasteiger partial charge in [-0.1, -0.05) is 0 Å². The Hall–Kier alpha value is -2.65. The second-order valence-electron chi connectivity index (χ2n) is 5.70. The monoisotopic (exact) mass is 383 g/mol. The normalized spacial score (nSPS) is 11.0. The van der Waals surface area contributed by atoms with Gasteiger partial charge in [-0.2, -0.15) is 0 Å². The lowest BCUT2D eigenvalue weighted by atomic mass is 10.3. The van der Waals surface area contributed by atoms with E-state index in [9.17, 15) is 0 Å². The van der Waals surface area contributed by atoms with Crippen LogP contribution in [0.4, 0.5) is 11.6 Å². The topological polar surface area (TPSA) is 88.5 Å². The zero-order chi connectivity index (χ0) is 17.9. The molecule has 0 unspecified atom stereocenters. The van der Waals surface area contributed by atoms with Crippen molar-refractivity contribution in [1.82, 2.24) is 24.9 Å². The first-order valence-electron chi connectivity index (χ1n) is 8.09. The Labute approximate surface area is 158 Å². The van der Waals surface area contributed by atoms with E-state index in [0.717, 1.165) is 16.9 Å². The summed E-state index contributed by atoms with van der Waals surface area (Å²) < 4.78 is 0. The average molecular weight is 384 g/mol. The zero-order valence-corrected chi connectivity index (χ0v) is 16.0. The average Bonchev–Trinajstić information content (AvgIpc) is 3.25. The molecular formula is C17H17N7S2. The van der Waals surface area contributed by atoms with Crippen LogP contribution < -0.4 is 10.6 Å². The molecule has 7 nitrogen and oxygen atoms in total. The fourth-order valence-corrected chi connectivity index (χ4v) is 3.89. The van der Waals surface area contributed by atoms with Crippen molar-refractivity contribution in [3.63, 3.8) is 0 Å². The lowest BCUT2D eigenvalue weighted by molar-refractivity contribution is 1.06. The Morgan fingerprint density at radius 2 is 1.46 bits per heavy atom. The Morgan fingerprint density at radius 1 is 0.846 bits per heavy atom. The molecule has 0 bridgehead atoms. The van der Waals surface area contributed by atoms with Crippen LogP contribution in [0.2, 0.25) is 0 Å². The molecule has 0 aromatic carbocycles. The number of thiazole rings is 2. The van der Waals surface area contributed by atoms with E-state index in [1.165, 1.54) is 9.75 Å². The second kappa shape index (κ2) is 7.30. The summed E-state index contributed by atoms with van der Waals surface area (Å²) in [4.78, 5) is 24.6. The highest BCUT2D eigenvalue weighted by Crippen LogP contribution is 2.24. The molecule has 26 heavy (non-hydrogen) atoms. The molecule has 0 fully saturated rings. The van der Waals surface area contributed by atoms with E-state index in [0.29, 0.717) is 30.4 Å². The van der Waals surface area contributed by atoms with Gasteiger partial charge in [-0.3, -0.25) is 0 Å². The SMILES string of the molecule is Cc1ncsc1CNc1nc2cccnc2nc1NCc1scnc1C. The van der Waals surface area contributed by atoms with Gasteiger partial charge in [-0.25, -0.2) is 24.9 Å². The summed E-state index contributed by atoms with van der Waals surface area (Å²) in [6, 6.07) is 3.78. The van der Waals surface area contributed by atoms with E-state index in [1.54, 1.807) is 28.9 Å². The lowest BCUT2D eigenvalue weighted by Gasteiger charge is -2.12. The number of pyridine rings is 1. The number of hydrogen-bond donors (Lipinski definition) is 2. The van der Waals surface area contributed by atoms with Crippen LogP contribution in [0.5, 0.6) is 0 Å². The van der Waals surface area contributed by atoms with Crippen LogP contribution >= 0.6 is 22.7 Å². The summed E-state index contributed by atoms with van der Waals surface area (Å²) in [6.07, 6.45) is 1.72. The lowest BCUT2D eigenvalue weighted by Crippen LogP contribution is -2.09. The highest BCUT2D eigenvalue weighted by molar-refractivity contribution is 7.10. The van der Waals surface area contributed by atoms with Crippen molar-refractivity contribution in [1.29, 1.82) is 0 Å². The van der Waals surface area contributed by atoms with Gasteiger partial charge < -0.3 is 10.6 Å². The van der Waals surface area contributed by atoms with Crippen LogP contribution in [0.1, 0.15) is 21.1 Å². The molecule has 0 atom stereocenters. The summed E-state index contributed by atoms with van der Waals surface area (Å²) in [7, 11) is 0. The number of nitrogens with zero attached hydrogens (tertiary/aromatic N) is 5. The van der Waals surface area contributed by atoms with Gasteiger partial charge in [0.1, 0.15) is 5.52 Å². The van der Waals surface area contributed by atoms with Gasteiger partial charge in [0.15, 0.2) is 17.3 Å². The maximum absolute atomic E-state index is 4.70. The summed E-state index contributed by atoms with van der Waals surface area (Å²) in [5.74, 6) is 1.40. The third-order valence-electron chi connectivity index (χ3n) is 3.96. The van der Waals surface area contributed by atoms with Crippen LogP contribution in [0.25, 0.3) is 11.2 Å². The Morgan fingerprint density at radius 3 is 2.04 bits per heavy atom. The largest absolute Gasteiger partial charge is 0.362 e. The number of aryl methyl sites for hydroxylation is 2. The van der Waals surface area contributed by atoms with Crippen molar-refractivity contribution in [3.8, 4) is 0 Å². The molecule has 0 saturated carbocycles. The zero-order valence-electron chi connectivity index (χ0n) is 14.4. The summed E-state index contributed by atoms with van der Waals surface area (Å²) in [6.45, 7) is 5.32. The predicted molar refractivity (Wildman–Crippen MR) is 106 cm³/mol. The standard InChI is InChI=1S/C17H17N7S2/c1-10-13(25-8-21-10)6-19-16-17(20-7-14-11(2)22-9-26-14)24-15-12(23-16)4-3-5-18-15/h3-5,8-9H,6-7H2,1-2H3,(H,19,23)(H,18,20,24). The van der Waals surface area contributed by atoms with Crippen molar-refractivity contribution < 1.29 is 0 Å². The molecule has 4 aromatic rings. The van der Waals surface area contributed by atoms with Gasteiger partial charge >= 0.3 is 0 Å². The number of fused-ring (bicyclic) bond motifs is 1. The summed E-state index contributed by atoms with van der Waals surface area (Å²) in [5.41, 5.74) is 7.16. The second-order valence-corrected chi connectivity index (χ2v) is 7.57. The molecule has 4 rings (SSSR count). The van der Waals surface area contributed by atoms with E-state index < -0.39 is 0 Å². The maximum Gasteiger partial charge on any atom is 0.180 e. The highest BCUT2D eigenvalue weighted by Gasteiger charge is 2.12. The molecule has 0 aliphatic rings. The summed E-state index contributed by atoms with van der Waals surface area (Å²) in [5, 5.41) is 6.76. The molecule has 0 spiro atoms. The van der Waals surface area contributed by atoms with Gasteiger partial charge in [-0.15, -0.1) is 22.7 Å². The first-order chi connectivity index (χ1) is 12.7. The molecule has 2 N–H and O–H groups in total. The Kier molecular flexibility index (Phi) is 4.72. The molecule has 4 heterocycles. The smallest absolute Gasteiger partial charge is 0.180 e. The van der Waals surface area contributed by atoms with E-state index in [4.69, 9.17) is 4.98 Å². The van der Waals surface area contributed by atoms with E-state index in [-0.39, 0.29) is 0 Å². The quantitative estimate of drug-likeness (QED) is 0.524. The minimum absolute atomic E-state index is 0.621. The number of hydrogen-bond acceptors (Lipinski definition) is 9. The molecule has 0 radical (unpaired) electrons. The van der Waals surface area contributed by atoms with Crippen molar-refractivity contribution in [2.75, 3.05) is 10.6 Å². The van der Waals surface area contributed by atoms with Crippen LogP contribution in [0, 0.1) is 13.8 Å².